The van der Waals surface area contributed by atoms with Gasteiger partial charge in [0.15, 0.2) is 5.82 Å². The molecule has 8 heteroatoms. The lowest BCUT2D eigenvalue weighted by atomic mass is 9.98. The molecular formula is C24H22BrClF2N4. The molecular weight excluding hydrogens is 498 g/mol. The molecule has 0 aliphatic carbocycles. The van der Waals surface area contributed by atoms with Crippen molar-refractivity contribution in [1.29, 1.82) is 0 Å². The van der Waals surface area contributed by atoms with Crippen molar-refractivity contribution in [3.8, 4) is 0 Å². The molecule has 2 saturated heterocycles. The Morgan fingerprint density at radius 3 is 2.69 bits per heavy atom. The van der Waals surface area contributed by atoms with Gasteiger partial charge < -0.3 is 4.90 Å². The quantitative estimate of drug-likeness (QED) is 0.231. The first kappa shape index (κ1) is 21.7. The average molecular weight is 520 g/mol. The van der Waals surface area contributed by atoms with Gasteiger partial charge >= 0.3 is 0 Å². The van der Waals surface area contributed by atoms with E-state index in [2.05, 4.69) is 66.5 Å². The Morgan fingerprint density at radius 1 is 1.16 bits per heavy atom. The summed E-state index contributed by atoms with van der Waals surface area (Å²) in [6.07, 6.45) is 4.73. The van der Waals surface area contributed by atoms with Gasteiger partial charge in [0.25, 0.3) is 0 Å². The molecule has 1 aromatic heterocycles. The molecule has 3 atom stereocenters. The molecule has 0 saturated carbocycles. The van der Waals surface area contributed by atoms with E-state index in [1.807, 2.05) is 12.1 Å². The molecule has 2 aliphatic heterocycles. The number of nitrogens with zero attached hydrogens (tertiary/aromatic N) is 4. The number of hydrogen-bond donors (Lipinski definition) is 0. The first-order valence-electron chi connectivity index (χ1n) is 10.7. The maximum absolute atomic E-state index is 14.6. The number of rotatable bonds is 5. The molecule has 4 nitrogen and oxygen atoms in total. The van der Waals surface area contributed by atoms with Gasteiger partial charge in [0.05, 0.1) is 9.86 Å². The minimum absolute atomic E-state index is 0.0182. The zero-order chi connectivity index (χ0) is 22.4. The zero-order valence-electron chi connectivity index (χ0n) is 17.3. The highest BCUT2D eigenvalue weighted by Crippen LogP contribution is 2.42. The van der Waals surface area contributed by atoms with Gasteiger partial charge in [0.2, 0.25) is 5.28 Å². The van der Waals surface area contributed by atoms with Crippen LogP contribution in [0.5, 0.6) is 0 Å². The van der Waals surface area contributed by atoms with E-state index in [0.29, 0.717) is 23.8 Å². The number of halogens is 4. The van der Waals surface area contributed by atoms with E-state index in [1.54, 1.807) is 0 Å². The fourth-order valence-electron chi connectivity index (χ4n) is 5.25. The number of hydrogen-bond acceptors (Lipinski definition) is 4. The highest BCUT2D eigenvalue weighted by Gasteiger charge is 2.46. The van der Waals surface area contributed by atoms with Gasteiger partial charge in [-0.2, -0.15) is 4.98 Å². The van der Waals surface area contributed by atoms with Crippen molar-refractivity contribution < 1.29 is 8.78 Å². The third-order valence-electron chi connectivity index (χ3n) is 6.60. The lowest BCUT2D eigenvalue weighted by Crippen LogP contribution is -2.59. The molecule has 3 aromatic rings. The highest BCUT2D eigenvalue weighted by molar-refractivity contribution is 9.10. The fraction of sp³-hybridized carbons (Fsp3) is 0.333. The number of fused-ring (bicyclic) bond motifs is 3. The number of benzene rings is 2. The normalized spacial score (nSPS) is 23.1. The largest absolute Gasteiger partial charge is 0.349 e. The van der Waals surface area contributed by atoms with Gasteiger partial charge in [0.1, 0.15) is 17.2 Å². The SMILES string of the molecule is C=CC[C@@H]1C2CC[C@@H](CN1c1nc(Cl)nc3c(F)cc(F)c(Br)c13)N2Cc1ccccc1. The van der Waals surface area contributed by atoms with Crippen LogP contribution in [0.1, 0.15) is 24.8 Å². The maximum atomic E-state index is 14.6. The van der Waals surface area contributed by atoms with Crippen molar-refractivity contribution >= 4 is 44.3 Å². The summed E-state index contributed by atoms with van der Waals surface area (Å²) in [5, 5.41) is 0.262. The van der Waals surface area contributed by atoms with E-state index in [0.717, 1.165) is 31.9 Å². The highest BCUT2D eigenvalue weighted by atomic mass is 79.9. The van der Waals surface area contributed by atoms with E-state index in [9.17, 15) is 8.78 Å². The summed E-state index contributed by atoms with van der Waals surface area (Å²) in [6, 6.07) is 11.9. The Balaban J connectivity index is 1.59. The Morgan fingerprint density at radius 2 is 1.94 bits per heavy atom. The first-order valence-corrected chi connectivity index (χ1v) is 11.8. The Labute approximate surface area is 199 Å². The molecule has 166 valence electrons. The van der Waals surface area contributed by atoms with Crippen LogP contribution in [0.4, 0.5) is 14.6 Å². The molecule has 2 aliphatic rings. The van der Waals surface area contributed by atoms with Crippen LogP contribution in [0, 0.1) is 11.6 Å². The number of anilines is 1. The third-order valence-corrected chi connectivity index (χ3v) is 7.55. The summed E-state index contributed by atoms with van der Waals surface area (Å²) in [7, 11) is 0. The Bertz CT molecular complexity index is 1180. The van der Waals surface area contributed by atoms with Crippen molar-refractivity contribution in [2.24, 2.45) is 0 Å². The molecule has 0 N–H and O–H groups in total. The molecule has 3 heterocycles. The first-order chi connectivity index (χ1) is 15.5. The van der Waals surface area contributed by atoms with Crippen LogP contribution in [0.3, 0.4) is 0 Å². The number of piperazine rings is 1. The van der Waals surface area contributed by atoms with Gasteiger partial charge in [-0.1, -0.05) is 36.4 Å². The summed E-state index contributed by atoms with van der Waals surface area (Å²) >= 11 is 9.50. The second kappa shape index (κ2) is 8.69. The molecule has 5 rings (SSSR count). The molecule has 2 bridgehead atoms. The summed E-state index contributed by atoms with van der Waals surface area (Å²) < 4.78 is 29.2. The van der Waals surface area contributed by atoms with Crippen LogP contribution in [0.25, 0.3) is 10.9 Å². The van der Waals surface area contributed by atoms with Crippen LogP contribution >= 0.6 is 27.5 Å². The number of aromatic nitrogens is 2. The van der Waals surface area contributed by atoms with Crippen LogP contribution in [0.15, 0.2) is 53.5 Å². The lowest BCUT2D eigenvalue weighted by Gasteiger charge is -2.47. The molecule has 1 unspecified atom stereocenters. The van der Waals surface area contributed by atoms with Crippen molar-refractivity contribution in [2.75, 3.05) is 11.4 Å². The molecule has 0 amide bonds. The van der Waals surface area contributed by atoms with Gasteiger partial charge in [-0.3, -0.25) is 4.90 Å². The molecule has 2 fully saturated rings. The van der Waals surface area contributed by atoms with Crippen LogP contribution < -0.4 is 4.90 Å². The van der Waals surface area contributed by atoms with Crippen molar-refractivity contribution in [3.05, 3.63) is 76.0 Å². The van der Waals surface area contributed by atoms with Gasteiger partial charge in [-0.05, 0) is 52.4 Å². The second-order valence-electron chi connectivity index (χ2n) is 8.39. The minimum Gasteiger partial charge on any atom is -0.349 e. The van der Waals surface area contributed by atoms with E-state index < -0.39 is 11.6 Å². The molecule has 32 heavy (non-hydrogen) atoms. The maximum Gasteiger partial charge on any atom is 0.225 e. The van der Waals surface area contributed by atoms with E-state index in [4.69, 9.17) is 11.6 Å². The molecule has 2 aromatic carbocycles. The van der Waals surface area contributed by atoms with Gasteiger partial charge in [-0.15, -0.1) is 6.58 Å². The molecule has 0 radical (unpaired) electrons. The van der Waals surface area contributed by atoms with E-state index in [-0.39, 0.29) is 27.4 Å². The predicted octanol–water partition coefficient (Wildman–Crippen LogP) is 6.12. The van der Waals surface area contributed by atoms with Crippen LogP contribution in [-0.4, -0.2) is 39.5 Å². The van der Waals surface area contributed by atoms with Gasteiger partial charge in [-0.25, -0.2) is 13.8 Å². The lowest BCUT2D eigenvalue weighted by molar-refractivity contribution is 0.128. The van der Waals surface area contributed by atoms with E-state index >= 15 is 0 Å². The van der Waals surface area contributed by atoms with Crippen LogP contribution in [-0.2, 0) is 6.54 Å². The third kappa shape index (κ3) is 3.70. The average Bonchev–Trinajstić information content (AvgIpc) is 3.06. The topological polar surface area (TPSA) is 32.3 Å². The van der Waals surface area contributed by atoms with Gasteiger partial charge in [0, 0.05) is 37.3 Å². The summed E-state index contributed by atoms with van der Waals surface area (Å²) in [5.74, 6) is -0.973. The predicted molar refractivity (Wildman–Crippen MR) is 127 cm³/mol. The fourth-order valence-corrected chi connectivity index (χ4v) is 5.90. The molecule has 0 spiro atoms. The van der Waals surface area contributed by atoms with Crippen molar-refractivity contribution in [3.63, 3.8) is 0 Å². The zero-order valence-corrected chi connectivity index (χ0v) is 19.7. The minimum atomic E-state index is -0.753. The van der Waals surface area contributed by atoms with Crippen molar-refractivity contribution in [2.45, 2.75) is 43.9 Å². The Hall–Kier alpha value is -2.09. The standard InChI is InChI=1S/C24H22BrClF2N4/c1-2-6-18-19-10-9-15(31(19)12-14-7-4-3-5-8-14)13-32(18)23-20-21(25)16(27)11-17(28)22(20)29-24(26)30-23/h2-5,7-8,11,15,18-19H,1,6,9-10,12-13H2/t15-,18+,19?/m0/s1. The van der Waals surface area contributed by atoms with E-state index in [1.165, 1.54) is 5.56 Å². The summed E-state index contributed by atoms with van der Waals surface area (Å²) in [4.78, 5) is 13.2. The van der Waals surface area contributed by atoms with Crippen LogP contribution in [0.2, 0.25) is 5.28 Å². The summed E-state index contributed by atoms with van der Waals surface area (Å²) in [5.41, 5.74) is 1.29. The Kier molecular flexibility index (Phi) is 5.90. The monoisotopic (exact) mass is 518 g/mol. The second-order valence-corrected chi connectivity index (χ2v) is 9.53. The van der Waals surface area contributed by atoms with Crippen molar-refractivity contribution in [1.82, 2.24) is 14.9 Å². The smallest absolute Gasteiger partial charge is 0.225 e. The summed E-state index contributed by atoms with van der Waals surface area (Å²) in [6.45, 7) is 5.53.